The van der Waals surface area contributed by atoms with E-state index in [0.29, 0.717) is 13.2 Å². The van der Waals surface area contributed by atoms with Crippen LogP contribution in [0.3, 0.4) is 0 Å². The molecule has 4 atom stereocenters. The minimum Gasteiger partial charge on any atom is -0.497 e. The Kier molecular flexibility index (Phi) is 10.2. The first-order chi connectivity index (χ1) is 15.8. The van der Waals surface area contributed by atoms with Crippen LogP contribution in [0.5, 0.6) is 11.5 Å². The molecule has 0 bridgehead atoms. The summed E-state index contributed by atoms with van der Waals surface area (Å²) in [5, 5.41) is 21.9. The van der Waals surface area contributed by atoms with Gasteiger partial charge in [0, 0.05) is 10.8 Å². The number of ether oxygens (including phenoxy) is 3. The van der Waals surface area contributed by atoms with Gasteiger partial charge in [0.25, 0.3) is 0 Å². The fourth-order valence-corrected chi connectivity index (χ4v) is 4.91. The highest BCUT2D eigenvalue weighted by Crippen LogP contribution is 2.39. The van der Waals surface area contributed by atoms with Gasteiger partial charge in [-0.05, 0) is 62.1 Å². The van der Waals surface area contributed by atoms with Crippen molar-refractivity contribution in [1.82, 2.24) is 0 Å². The van der Waals surface area contributed by atoms with Crippen molar-refractivity contribution in [2.45, 2.75) is 76.4 Å². The van der Waals surface area contributed by atoms with E-state index in [1.807, 2.05) is 62.4 Å². The van der Waals surface area contributed by atoms with Crippen molar-refractivity contribution in [2.75, 3.05) is 27.4 Å². The van der Waals surface area contributed by atoms with Gasteiger partial charge < -0.3 is 24.4 Å². The Bertz CT molecular complexity index is 780. The Balaban J connectivity index is 2.41. The second-order valence-corrected chi connectivity index (χ2v) is 9.12. The highest BCUT2D eigenvalue weighted by atomic mass is 16.5. The summed E-state index contributed by atoms with van der Waals surface area (Å²) >= 11 is 0. The normalized spacial score (nSPS) is 17.0. The third kappa shape index (κ3) is 6.08. The highest BCUT2D eigenvalue weighted by Gasteiger charge is 2.41. The van der Waals surface area contributed by atoms with E-state index in [1.165, 1.54) is 0 Å². The van der Waals surface area contributed by atoms with Crippen molar-refractivity contribution >= 4 is 0 Å². The van der Waals surface area contributed by atoms with Crippen molar-refractivity contribution < 1.29 is 24.4 Å². The number of hydrogen-bond donors (Lipinski definition) is 2. The summed E-state index contributed by atoms with van der Waals surface area (Å²) < 4.78 is 17.3. The molecule has 0 saturated heterocycles. The van der Waals surface area contributed by atoms with Crippen LogP contribution in [-0.4, -0.2) is 49.9 Å². The Labute approximate surface area is 199 Å². The second-order valence-electron chi connectivity index (χ2n) is 9.12. The smallest absolute Gasteiger partial charge is 0.119 e. The fraction of sp³-hybridized carbons (Fsp3) is 0.571. The highest BCUT2D eigenvalue weighted by molar-refractivity contribution is 5.36. The maximum atomic E-state index is 11.0. The Morgan fingerprint density at radius 2 is 1.12 bits per heavy atom. The quantitative estimate of drug-likeness (QED) is 0.404. The molecule has 2 rings (SSSR count). The molecule has 0 heterocycles. The lowest BCUT2D eigenvalue weighted by atomic mass is 9.72. The number of benzene rings is 2. The summed E-state index contributed by atoms with van der Waals surface area (Å²) in [6.07, 6.45) is 2.11. The zero-order valence-electron chi connectivity index (χ0n) is 21.1. The molecule has 4 unspecified atom stereocenters. The van der Waals surface area contributed by atoms with Crippen molar-refractivity contribution in [2.24, 2.45) is 0 Å². The average molecular weight is 459 g/mol. The first-order valence-corrected chi connectivity index (χ1v) is 12.0. The average Bonchev–Trinajstić information content (AvgIpc) is 2.82. The molecular weight excluding hydrogens is 416 g/mol. The molecule has 5 heteroatoms. The molecule has 0 radical (unpaired) electrons. The van der Waals surface area contributed by atoms with Gasteiger partial charge in [-0.1, -0.05) is 51.0 Å². The van der Waals surface area contributed by atoms with E-state index in [2.05, 4.69) is 13.8 Å². The van der Waals surface area contributed by atoms with Crippen LogP contribution >= 0.6 is 0 Å². The van der Waals surface area contributed by atoms with E-state index >= 15 is 0 Å². The van der Waals surface area contributed by atoms with E-state index in [0.717, 1.165) is 48.3 Å². The molecular formula is C28H42O5. The van der Waals surface area contributed by atoms with Crippen LogP contribution < -0.4 is 9.47 Å². The summed E-state index contributed by atoms with van der Waals surface area (Å²) in [4.78, 5) is 0. The second kappa shape index (κ2) is 12.4. The summed E-state index contributed by atoms with van der Waals surface area (Å²) in [6.45, 7) is 8.57. The predicted octanol–water partition coefficient (Wildman–Crippen LogP) is 5.26. The molecule has 5 nitrogen and oxygen atoms in total. The molecule has 0 aliphatic carbocycles. The summed E-state index contributed by atoms with van der Waals surface area (Å²) in [7, 11) is 3.30. The lowest BCUT2D eigenvalue weighted by Crippen LogP contribution is -2.46. The zero-order valence-corrected chi connectivity index (χ0v) is 21.1. The number of rotatable bonds is 14. The van der Waals surface area contributed by atoms with Crippen molar-refractivity contribution in [1.29, 1.82) is 0 Å². The fourth-order valence-electron chi connectivity index (χ4n) is 4.91. The van der Waals surface area contributed by atoms with Gasteiger partial charge in [-0.15, -0.1) is 0 Å². The molecule has 0 saturated carbocycles. The summed E-state index contributed by atoms with van der Waals surface area (Å²) in [5.74, 6) is 1.52. The van der Waals surface area contributed by atoms with Gasteiger partial charge in [0.1, 0.15) is 11.5 Å². The number of hydrogen-bond acceptors (Lipinski definition) is 5. The van der Waals surface area contributed by atoms with Crippen LogP contribution in [-0.2, 0) is 15.6 Å². The van der Waals surface area contributed by atoms with Gasteiger partial charge in [0.05, 0.1) is 39.6 Å². The predicted molar refractivity (Wildman–Crippen MR) is 133 cm³/mol. The zero-order chi connectivity index (χ0) is 24.5. The largest absolute Gasteiger partial charge is 0.497 e. The standard InChI is InChI=1S/C28H42O5/c1-7-15-27(21(3)29,23-11-9-13-25(17-23)31-5)19-33-20-28(16-8-2,22(4)30)24-12-10-14-26(18-24)32-6/h9-14,17-18,21-22,29-30H,7-8,15-16,19-20H2,1-6H3. The third-order valence-electron chi connectivity index (χ3n) is 7.00. The molecule has 0 aliphatic rings. The van der Waals surface area contributed by atoms with Crippen molar-refractivity contribution in [3.63, 3.8) is 0 Å². The molecule has 2 aromatic carbocycles. The summed E-state index contributed by atoms with van der Waals surface area (Å²) in [5.41, 5.74) is 0.847. The number of aliphatic hydroxyl groups is 2. The maximum Gasteiger partial charge on any atom is 0.119 e. The van der Waals surface area contributed by atoms with Crippen LogP contribution in [0.15, 0.2) is 48.5 Å². The van der Waals surface area contributed by atoms with E-state index in [9.17, 15) is 10.2 Å². The molecule has 0 aliphatic heterocycles. The molecule has 2 N–H and O–H groups in total. The van der Waals surface area contributed by atoms with Gasteiger partial charge in [0.2, 0.25) is 0 Å². The molecule has 184 valence electrons. The van der Waals surface area contributed by atoms with Gasteiger partial charge in [-0.2, -0.15) is 0 Å². The van der Waals surface area contributed by atoms with Gasteiger partial charge in [-0.25, -0.2) is 0 Å². The minimum absolute atomic E-state index is 0.341. The van der Waals surface area contributed by atoms with E-state index in [-0.39, 0.29) is 0 Å². The lowest BCUT2D eigenvalue weighted by molar-refractivity contribution is -0.0370. The Morgan fingerprint density at radius 3 is 1.42 bits per heavy atom. The maximum absolute atomic E-state index is 11.0. The minimum atomic E-state index is -0.617. The van der Waals surface area contributed by atoms with Crippen molar-refractivity contribution in [3.8, 4) is 11.5 Å². The molecule has 0 fully saturated rings. The van der Waals surface area contributed by atoms with Crippen LogP contribution in [0.4, 0.5) is 0 Å². The van der Waals surface area contributed by atoms with E-state index in [4.69, 9.17) is 14.2 Å². The molecule has 0 spiro atoms. The third-order valence-corrected chi connectivity index (χ3v) is 7.00. The molecule has 33 heavy (non-hydrogen) atoms. The van der Waals surface area contributed by atoms with Gasteiger partial charge >= 0.3 is 0 Å². The van der Waals surface area contributed by atoms with Crippen LogP contribution in [0.2, 0.25) is 0 Å². The summed E-state index contributed by atoms with van der Waals surface area (Å²) in [6, 6.07) is 15.8. The van der Waals surface area contributed by atoms with Crippen LogP contribution in [0.1, 0.15) is 64.5 Å². The number of methoxy groups -OCH3 is 2. The number of aliphatic hydroxyl groups excluding tert-OH is 2. The monoisotopic (exact) mass is 458 g/mol. The Morgan fingerprint density at radius 1 is 0.727 bits per heavy atom. The Hall–Kier alpha value is -2.08. The molecule has 0 aromatic heterocycles. The molecule has 2 aromatic rings. The van der Waals surface area contributed by atoms with Crippen LogP contribution in [0, 0.1) is 0 Å². The first-order valence-electron chi connectivity index (χ1n) is 12.0. The van der Waals surface area contributed by atoms with Gasteiger partial charge in [0.15, 0.2) is 0 Å². The van der Waals surface area contributed by atoms with Crippen molar-refractivity contribution in [3.05, 3.63) is 59.7 Å². The van der Waals surface area contributed by atoms with Gasteiger partial charge in [-0.3, -0.25) is 0 Å². The SMILES string of the molecule is CCCC(COCC(CCC)(c1cccc(OC)c1)C(C)O)(c1cccc(OC)c1)C(C)O. The first kappa shape index (κ1) is 27.2. The van der Waals surface area contributed by atoms with E-state index < -0.39 is 23.0 Å². The molecule has 0 amide bonds. The van der Waals surface area contributed by atoms with E-state index in [1.54, 1.807) is 14.2 Å². The lowest BCUT2D eigenvalue weighted by Gasteiger charge is -2.41. The van der Waals surface area contributed by atoms with Crippen LogP contribution in [0.25, 0.3) is 0 Å². The topological polar surface area (TPSA) is 68.2 Å².